The number of β-amino-alcohol motifs (C(OH)–C–C–N with tert-alkyl or cyclic N) is 1. The second kappa shape index (κ2) is 11.5. The van der Waals surface area contributed by atoms with Crippen LogP contribution in [0.4, 0.5) is 0 Å². The minimum absolute atomic E-state index is 0.231. The van der Waals surface area contributed by atoms with Crippen molar-refractivity contribution >= 4 is 31.6 Å². The maximum absolute atomic E-state index is 12.8. The average Bonchev–Trinajstić information content (AvgIpc) is 3.17. The van der Waals surface area contributed by atoms with E-state index in [4.69, 9.17) is 4.74 Å². The number of piperazine rings is 1. The van der Waals surface area contributed by atoms with Crippen LogP contribution in [0.25, 0.3) is 10.2 Å². The van der Waals surface area contributed by atoms with Crippen LogP contribution in [0.5, 0.6) is 5.75 Å². The Hall–Kier alpha value is -2.08. The average molecular weight is 533 g/mol. The number of sulfonamides is 1. The fraction of sp³-hybridized carbons (Fsp3) is 0.500. The number of ether oxygens (including phenoxy) is 1. The number of hydrogen-bond donors (Lipinski definition) is 2. The Morgan fingerprint density at radius 3 is 2.42 bits per heavy atom. The number of aryl methyl sites for hydroxylation is 4. The van der Waals surface area contributed by atoms with E-state index >= 15 is 0 Å². The predicted molar refractivity (Wildman–Crippen MR) is 145 cm³/mol. The first-order chi connectivity index (χ1) is 17.1. The molecule has 2 heterocycles. The Bertz CT molecular complexity index is 1280. The number of hydrogen-bond acceptors (Lipinski definition) is 8. The van der Waals surface area contributed by atoms with Crippen LogP contribution in [-0.4, -0.2) is 86.8 Å². The Kier molecular flexibility index (Phi) is 8.64. The first kappa shape index (κ1) is 27.0. The summed E-state index contributed by atoms with van der Waals surface area (Å²) in [6.07, 6.45) is -0.586. The highest BCUT2D eigenvalue weighted by atomic mass is 32.2. The fourth-order valence-electron chi connectivity index (χ4n) is 4.85. The van der Waals surface area contributed by atoms with Gasteiger partial charge >= 0.3 is 0 Å². The van der Waals surface area contributed by atoms with Gasteiger partial charge in [-0.15, -0.1) is 11.3 Å². The van der Waals surface area contributed by atoms with Crippen molar-refractivity contribution in [2.45, 2.75) is 38.7 Å². The lowest BCUT2D eigenvalue weighted by molar-refractivity contribution is 0.0465. The molecule has 0 unspecified atom stereocenters. The molecule has 8 nitrogen and oxygen atoms in total. The monoisotopic (exact) mass is 532 g/mol. The zero-order chi connectivity index (χ0) is 25.9. The number of aliphatic hydroxyl groups excluding tert-OH is 1. The van der Waals surface area contributed by atoms with Gasteiger partial charge in [0.1, 0.15) is 18.5 Å². The van der Waals surface area contributed by atoms with E-state index in [1.54, 1.807) is 11.3 Å². The van der Waals surface area contributed by atoms with Crippen LogP contribution in [0.2, 0.25) is 0 Å². The van der Waals surface area contributed by atoms with Gasteiger partial charge in [-0.25, -0.2) is 18.1 Å². The molecule has 4 rings (SSSR count). The summed E-state index contributed by atoms with van der Waals surface area (Å²) in [5, 5.41) is 11.5. The number of rotatable bonds is 10. The molecule has 196 valence electrons. The minimum Gasteiger partial charge on any atom is -0.491 e. The lowest BCUT2D eigenvalue weighted by atomic mass is 10.1. The maximum atomic E-state index is 12.8. The minimum atomic E-state index is -3.54. The van der Waals surface area contributed by atoms with Gasteiger partial charge in [-0.3, -0.25) is 9.80 Å². The molecule has 36 heavy (non-hydrogen) atoms. The van der Waals surface area contributed by atoms with Crippen molar-refractivity contribution < 1.29 is 18.3 Å². The summed E-state index contributed by atoms with van der Waals surface area (Å²) >= 11 is 1.65. The van der Waals surface area contributed by atoms with Crippen LogP contribution in [-0.2, 0) is 10.0 Å². The summed E-state index contributed by atoms with van der Waals surface area (Å²) in [5.41, 5.74) is 3.53. The summed E-state index contributed by atoms with van der Waals surface area (Å²) in [7, 11) is -3.54. The van der Waals surface area contributed by atoms with Gasteiger partial charge < -0.3 is 9.84 Å². The lowest BCUT2D eigenvalue weighted by Crippen LogP contribution is -2.50. The van der Waals surface area contributed by atoms with Crippen molar-refractivity contribution in [2.24, 2.45) is 0 Å². The summed E-state index contributed by atoms with van der Waals surface area (Å²) < 4.78 is 35.4. The first-order valence-corrected chi connectivity index (χ1v) is 14.6. The molecule has 1 saturated heterocycles. The van der Waals surface area contributed by atoms with Crippen LogP contribution in [0.15, 0.2) is 35.2 Å². The van der Waals surface area contributed by atoms with E-state index < -0.39 is 16.1 Å². The van der Waals surface area contributed by atoms with Gasteiger partial charge in [0.25, 0.3) is 0 Å². The normalized spacial score (nSPS) is 16.5. The molecular formula is C26H36N4O4S2. The summed E-state index contributed by atoms with van der Waals surface area (Å²) in [6, 6.07) is 9.65. The molecule has 1 aromatic heterocycles. The van der Waals surface area contributed by atoms with Crippen molar-refractivity contribution in [2.75, 3.05) is 52.4 Å². The third-order valence-corrected chi connectivity index (χ3v) is 9.15. The Balaban J connectivity index is 1.17. The summed E-state index contributed by atoms with van der Waals surface area (Å²) in [6.45, 7) is 12.7. The number of benzene rings is 2. The highest BCUT2D eigenvalue weighted by molar-refractivity contribution is 7.89. The molecule has 1 aliphatic heterocycles. The molecule has 0 bridgehead atoms. The number of fused-ring (bicyclic) bond motifs is 1. The third-order valence-electron chi connectivity index (χ3n) is 6.44. The standard InChI is InChI=1S/C26H36N4O4S2/c1-18-13-19(2)26(20(3)14-18)36(32,33)27-7-8-29-9-11-30(12-10-29)16-22(31)17-34-23-5-6-25-24(15-23)28-21(4)35-25/h5-6,13-15,22,27,31H,7-12,16-17H2,1-4H3/t22-/m1/s1. The van der Waals surface area contributed by atoms with Crippen molar-refractivity contribution in [1.82, 2.24) is 19.5 Å². The number of aliphatic hydroxyl groups is 1. The number of thiazole rings is 1. The van der Waals surface area contributed by atoms with Gasteiger partial charge in [-0.2, -0.15) is 0 Å². The predicted octanol–water partition coefficient (Wildman–Crippen LogP) is 2.87. The zero-order valence-corrected chi connectivity index (χ0v) is 23.1. The maximum Gasteiger partial charge on any atom is 0.241 e. The second-order valence-corrected chi connectivity index (χ2v) is 12.5. The Labute approximate surface area is 218 Å². The molecule has 0 amide bonds. The van der Waals surface area contributed by atoms with E-state index in [1.165, 1.54) is 0 Å². The highest BCUT2D eigenvalue weighted by Crippen LogP contribution is 2.25. The quantitative estimate of drug-likeness (QED) is 0.415. The Morgan fingerprint density at radius 1 is 1.06 bits per heavy atom. The van der Waals surface area contributed by atoms with Crippen molar-refractivity contribution in [3.63, 3.8) is 0 Å². The van der Waals surface area contributed by atoms with Crippen molar-refractivity contribution in [3.8, 4) is 5.75 Å². The molecule has 3 aromatic rings. The third kappa shape index (κ3) is 6.81. The van der Waals surface area contributed by atoms with Gasteiger partial charge in [0.15, 0.2) is 0 Å². The van der Waals surface area contributed by atoms with Gasteiger partial charge in [-0.1, -0.05) is 17.7 Å². The van der Waals surface area contributed by atoms with E-state index in [-0.39, 0.29) is 6.61 Å². The molecule has 2 N–H and O–H groups in total. The molecule has 2 aromatic carbocycles. The largest absolute Gasteiger partial charge is 0.491 e. The van der Waals surface area contributed by atoms with E-state index in [9.17, 15) is 13.5 Å². The lowest BCUT2D eigenvalue weighted by Gasteiger charge is -2.35. The smallest absolute Gasteiger partial charge is 0.241 e. The Morgan fingerprint density at radius 2 is 1.72 bits per heavy atom. The summed E-state index contributed by atoms with van der Waals surface area (Å²) in [5.74, 6) is 0.718. The number of aromatic nitrogens is 1. The van der Waals surface area contributed by atoms with Gasteiger partial charge in [0.2, 0.25) is 10.0 Å². The molecule has 1 atom stereocenters. The SMILES string of the molecule is Cc1cc(C)c(S(=O)(=O)NCCN2CCN(C[C@@H](O)COc3ccc4sc(C)nc4c3)CC2)c(C)c1. The van der Waals surface area contributed by atoms with Crippen LogP contribution in [0.1, 0.15) is 21.7 Å². The first-order valence-electron chi connectivity index (χ1n) is 12.3. The molecule has 0 saturated carbocycles. The molecule has 0 radical (unpaired) electrons. The van der Waals surface area contributed by atoms with Crippen LogP contribution >= 0.6 is 11.3 Å². The van der Waals surface area contributed by atoms with Gasteiger partial charge in [0, 0.05) is 51.9 Å². The number of nitrogens with one attached hydrogen (secondary N) is 1. The van der Waals surface area contributed by atoms with E-state index in [2.05, 4.69) is 19.5 Å². The van der Waals surface area contributed by atoms with Gasteiger partial charge in [0.05, 0.1) is 20.1 Å². The number of nitrogens with zero attached hydrogens (tertiary/aromatic N) is 3. The molecule has 1 aliphatic rings. The molecule has 0 aliphatic carbocycles. The van der Waals surface area contributed by atoms with E-state index in [0.717, 1.165) is 63.8 Å². The van der Waals surface area contributed by atoms with Crippen LogP contribution in [0.3, 0.4) is 0 Å². The highest BCUT2D eigenvalue weighted by Gasteiger charge is 2.22. The van der Waals surface area contributed by atoms with Crippen molar-refractivity contribution in [1.29, 1.82) is 0 Å². The zero-order valence-electron chi connectivity index (χ0n) is 21.5. The van der Waals surface area contributed by atoms with Gasteiger partial charge in [-0.05, 0) is 51.0 Å². The summed E-state index contributed by atoms with van der Waals surface area (Å²) in [4.78, 5) is 9.35. The van der Waals surface area contributed by atoms with Crippen LogP contribution < -0.4 is 9.46 Å². The topological polar surface area (TPSA) is 95.0 Å². The van der Waals surface area contributed by atoms with E-state index in [0.29, 0.717) is 24.5 Å². The van der Waals surface area contributed by atoms with Crippen LogP contribution in [0, 0.1) is 27.7 Å². The molecule has 1 fully saturated rings. The van der Waals surface area contributed by atoms with E-state index in [1.807, 2.05) is 58.0 Å². The molecule has 10 heteroatoms. The second-order valence-electron chi connectivity index (χ2n) is 9.60. The molecular weight excluding hydrogens is 496 g/mol. The van der Waals surface area contributed by atoms with Crippen molar-refractivity contribution in [3.05, 3.63) is 52.0 Å². The molecule has 0 spiro atoms. The fourth-order valence-corrected chi connectivity index (χ4v) is 7.13.